The fourth-order valence-corrected chi connectivity index (χ4v) is 3.62. The third-order valence-corrected chi connectivity index (χ3v) is 5.69. The summed E-state index contributed by atoms with van der Waals surface area (Å²) in [6, 6.07) is 14.5. The van der Waals surface area contributed by atoms with Crippen LogP contribution in [0, 0.1) is 5.82 Å². The molecule has 0 bridgehead atoms. The molecular formula is C17H19FNO4P. The van der Waals surface area contributed by atoms with Gasteiger partial charge >= 0.3 is 7.60 Å². The van der Waals surface area contributed by atoms with Crippen LogP contribution in [0.1, 0.15) is 15.9 Å². The molecule has 24 heavy (non-hydrogen) atoms. The first-order valence-electron chi connectivity index (χ1n) is 7.30. The minimum Gasteiger partial charge on any atom is -0.338 e. The molecule has 2 rings (SSSR count). The molecule has 0 saturated heterocycles. The highest BCUT2D eigenvalue weighted by Gasteiger charge is 2.36. The fraction of sp³-hybridized carbons (Fsp3) is 0.235. The van der Waals surface area contributed by atoms with Crippen molar-refractivity contribution >= 4 is 13.5 Å². The third kappa shape index (κ3) is 4.29. The Morgan fingerprint density at radius 1 is 1.08 bits per heavy atom. The highest BCUT2D eigenvalue weighted by atomic mass is 31.2. The number of hydrogen-bond acceptors (Lipinski definition) is 4. The van der Waals surface area contributed by atoms with Gasteiger partial charge in [-0.2, -0.15) is 0 Å². The van der Waals surface area contributed by atoms with Crippen LogP contribution in [-0.4, -0.2) is 25.9 Å². The molecular weight excluding hydrogens is 332 g/mol. The van der Waals surface area contributed by atoms with Crippen molar-refractivity contribution < 1.29 is 22.8 Å². The molecule has 1 amide bonds. The van der Waals surface area contributed by atoms with E-state index in [1.165, 1.54) is 20.3 Å². The molecule has 0 spiro atoms. The maximum Gasteiger partial charge on any atom is 0.352 e. The van der Waals surface area contributed by atoms with Crippen molar-refractivity contribution in [3.05, 3.63) is 71.5 Å². The zero-order chi connectivity index (χ0) is 17.6. The summed E-state index contributed by atoms with van der Waals surface area (Å²) in [5.41, 5.74) is 0.708. The number of amides is 1. The van der Waals surface area contributed by atoms with Gasteiger partial charge in [-0.05, 0) is 23.8 Å². The molecule has 0 saturated carbocycles. The van der Waals surface area contributed by atoms with E-state index < -0.39 is 25.1 Å². The van der Waals surface area contributed by atoms with Crippen molar-refractivity contribution in [2.75, 3.05) is 14.2 Å². The van der Waals surface area contributed by atoms with E-state index in [0.717, 1.165) is 0 Å². The smallest absolute Gasteiger partial charge is 0.338 e. The quantitative estimate of drug-likeness (QED) is 0.774. The van der Waals surface area contributed by atoms with E-state index >= 15 is 0 Å². The van der Waals surface area contributed by atoms with Crippen LogP contribution in [0.4, 0.5) is 4.39 Å². The first-order valence-corrected chi connectivity index (χ1v) is 8.92. The van der Waals surface area contributed by atoms with Gasteiger partial charge in [0.05, 0.1) is 0 Å². The molecule has 1 N–H and O–H groups in total. The Labute approximate surface area is 140 Å². The summed E-state index contributed by atoms with van der Waals surface area (Å²) < 4.78 is 36.7. The van der Waals surface area contributed by atoms with Crippen molar-refractivity contribution in [1.29, 1.82) is 0 Å². The lowest BCUT2D eigenvalue weighted by molar-refractivity contribution is 0.0940. The molecule has 1 atom stereocenters. The molecule has 0 fully saturated rings. The number of nitrogens with one attached hydrogen (secondary N) is 1. The molecule has 0 aliphatic heterocycles. The summed E-state index contributed by atoms with van der Waals surface area (Å²) in [5, 5.41) is 2.63. The number of benzene rings is 2. The van der Waals surface area contributed by atoms with Crippen LogP contribution in [0.25, 0.3) is 0 Å². The Hall–Kier alpha value is -2.01. The van der Waals surface area contributed by atoms with Gasteiger partial charge in [0.25, 0.3) is 5.91 Å². The van der Waals surface area contributed by atoms with Crippen LogP contribution < -0.4 is 5.32 Å². The molecule has 1 unspecified atom stereocenters. The van der Waals surface area contributed by atoms with Gasteiger partial charge in [0.2, 0.25) is 0 Å². The predicted molar refractivity (Wildman–Crippen MR) is 89.4 cm³/mol. The molecule has 2 aromatic carbocycles. The monoisotopic (exact) mass is 351 g/mol. The van der Waals surface area contributed by atoms with E-state index in [9.17, 15) is 13.8 Å². The summed E-state index contributed by atoms with van der Waals surface area (Å²) in [6.45, 7) is 0. The van der Waals surface area contributed by atoms with Crippen LogP contribution in [0.2, 0.25) is 0 Å². The van der Waals surface area contributed by atoms with Gasteiger partial charge in [-0.1, -0.05) is 36.4 Å². The van der Waals surface area contributed by atoms with Gasteiger partial charge in [0.1, 0.15) is 11.6 Å². The molecule has 128 valence electrons. The molecule has 0 aromatic heterocycles. The number of rotatable bonds is 7. The Bertz CT molecular complexity index is 730. The number of halogens is 1. The average molecular weight is 351 g/mol. The van der Waals surface area contributed by atoms with Crippen LogP contribution in [-0.2, 0) is 20.0 Å². The number of hydrogen-bond donors (Lipinski definition) is 1. The van der Waals surface area contributed by atoms with E-state index in [2.05, 4.69) is 5.32 Å². The molecule has 2 aromatic rings. The topological polar surface area (TPSA) is 64.6 Å². The predicted octanol–water partition coefficient (Wildman–Crippen LogP) is 3.61. The zero-order valence-corrected chi connectivity index (χ0v) is 14.3. The Morgan fingerprint density at radius 3 is 2.25 bits per heavy atom. The fourth-order valence-electron chi connectivity index (χ4n) is 2.27. The highest BCUT2D eigenvalue weighted by Crippen LogP contribution is 2.51. The lowest BCUT2D eigenvalue weighted by atomic mass is 10.1. The van der Waals surface area contributed by atoms with Crippen molar-refractivity contribution in [3.63, 3.8) is 0 Å². The van der Waals surface area contributed by atoms with Gasteiger partial charge in [0, 0.05) is 26.2 Å². The summed E-state index contributed by atoms with van der Waals surface area (Å²) >= 11 is 0. The molecule has 0 aliphatic carbocycles. The number of carbonyl (C=O) groups excluding carboxylic acids is 1. The van der Waals surface area contributed by atoms with Gasteiger partial charge < -0.3 is 14.4 Å². The molecule has 0 radical (unpaired) electrons. The maximum absolute atomic E-state index is 13.9. The third-order valence-electron chi connectivity index (χ3n) is 3.60. The SMILES string of the molecule is COP(=O)(OC)C(Cc1ccccc1F)NC(=O)c1ccccc1. The van der Waals surface area contributed by atoms with Crippen molar-refractivity contribution in [2.24, 2.45) is 0 Å². The van der Waals surface area contributed by atoms with Gasteiger partial charge in [-0.25, -0.2) is 4.39 Å². The molecule has 0 aliphatic rings. The van der Waals surface area contributed by atoms with E-state index in [1.54, 1.807) is 48.5 Å². The zero-order valence-electron chi connectivity index (χ0n) is 13.4. The number of carbonyl (C=O) groups is 1. The standard InChI is InChI=1S/C17H19FNO4P/c1-22-24(21,23-2)16(12-14-10-6-7-11-15(14)18)19-17(20)13-8-4-3-5-9-13/h3-11,16H,12H2,1-2H3,(H,19,20). The Morgan fingerprint density at radius 2 is 1.67 bits per heavy atom. The van der Waals surface area contributed by atoms with Gasteiger partial charge in [-0.15, -0.1) is 0 Å². The molecule has 5 nitrogen and oxygen atoms in total. The second-order valence-electron chi connectivity index (χ2n) is 5.06. The van der Waals surface area contributed by atoms with E-state index in [1.807, 2.05) is 0 Å². The van der Waals surface area contributed by atoms with Crippen molar-refractivity contribution in [3.8, 4) is 0 Å². The summed E-state index contributed by atoms with van der Waals surface area (Å²) in [6.07, 6.45) is -0.0236. The van der Waals surface area contributed by atoms with Crippen LogP contribution in [0.15, 0.2) is 54.6 Å². The van der Waals surface area contributed by atoms with E-state index in [-0.39, 0.29) is 6.42 Å². The van der Waals surface area contributed by atoms with E-state index in [0.29, 0.717) is 11.1 Å². The largest absolute Gasteiger partial charge is 0.352 e. The first kappa shape index (κ1) is 18.3. The maximum atomic E-state index is 13.9. The summed E-state index contributed by atoms with van der Waals surface area (Å²) in [7, 11) is -1.19. The van der Waals surface area contributed by atoms with Crippen molar-refractivity contribution in [2.45, 2.75) is 12.2 Å². The van der Waals surface area contributed by atoms with Crippen LogP contribution in [0.5, 0.6) is 0 Å². The second kappa shape index (κ2) is 8.20. The van der Waals surface area contributed by atoms with Crippen LogP contribution >= 0.6 is 7.60 Å². The Kier molecular flexibility index (Phi) is 6.26. The summed E-state index contributed by atoms with van der Waals surface area (Å²) in [4.78, 5) is 12.4. The Balaban J connectivity index is 2.28. The minimum absolute atomic E-state index is 0.0236. The minimum atomic E-state index is -3.65. The lowest BCUT2D eigenvalue weighted by Gasteiger charge is -2.25. The average Bonchev–Trinajstić information content (AvgIpc) is 2.62. The van der Waals surface area contributed by atoms with Gasteiger partial charge in [-0.3, -0.25) is 9.36 Å². The molecule has 7 heteroatoms. The second-order valence-corrected chi connectivity index (χ2v) is 7.49. The van der Waals surface area contributed by atoms with Gasteiger partial charge in [0.15, 0.2) is 0 Å². The highest BCUT2D eigenvalue weighted by molar-refractivity contribution is 7.54. The van der Waals surface area contributed by atoms with E-state index in [4.69, 9.17) is 9.05 Å². The van der Waals surface area contributed by atoms with Crippen molar-refractivity contribution in [1.82, 2.24) is 5.32 Å². The summed E-state index contributed by atoms with van der Waals surface area (Å²) in [5.74, 6) is -1.90. The first-order chi connectivity index (χ1) is 11.5. The lowest BCUT2D eigenvalue weighted by Crippen LogP contribution is -2.37. The van der Waals surface area contributed by atoms with Crippen LogP contribution in [0.3, 0.4) is 0 Å². The molecule has 0 heterocycles. The normalized spacial score (nSPS) is 12.6.